The first kappa shape index (κ1) is 15.0. The number of rotatable bonds is 3. The summed E-state index contributed by atoms with van der Waals surface area (Å²) in [6.45, 7) is 1.89. The number of nitrogens with zero attached hydrogens (tertiary/aromatic N) is 2. The van der Waals surface area contributed by atoms with Crippen LogP contribution in [-0.2, 0) is 4.74 Å². The van der Waals surface area contributed by atoms with Gasteiger partial charge in [-0.3, -0.25) is 0 Å². The van der Waals surface area contributed by atoms with Crippen LogP contribution in [0.2, 0.25) is 0 Å². The number of ether oxygens (including phenoxy) is 1. The summed E-state index contributed by atoms with van der Waals surface area (Å²) in [5.74, 6) is -0.642. The summed E-state index contributed by atoms with van der Waals surface area (Å²) in [5, 5.41) is 22.5. The molecule has 1 amide bonds. The quantitative estimate of drug-likeness (QED) is 0.253. The lowest BCUT2D eigenvalue weighted by Gasteiger charge is -2.05. The van der Waals surface area contributed by atoms with Crippen LogP contribution in [0.5, 0.6) is 0 Å². The maximum atomic E-state index is 10.8. The highest BCUT2D eigenvalue weighted by molar-refractivity contribution is 6.06. The Hall–Kier alpha value is -3.01. The predicted octanol–water partition coefficient (Wildman–Crippen LogP) is 1.42. The topological polar surface area (TPSA) is 121 Å². The third-order valence-electron chi connectivity index (χ3n) is 2.38. The lowest BCUT2D eigenvalue weighted by Crippen LogP contribution is -2.24. The molecule has 0 radical (unpaired) electrons. The fourth-order valence-corrected chi connectivity index (χ4v) is 1.29. The molecule has 0 aromatic heterocycles. The summed E-state index contributed by atoms with van der Waals surface area (Å²) in [6, 6.07) is 8.58. The number of nitrogens with two attached hydrogens (primary N) is 1. The maximum absolute atomic E-state index is 10.8. The molecule has 0 heterocycles. The Morgan fingerprint density at radius 2 is 2.05 bits per heavy atom. The van der Waals surface area contributed by atoms with Crippen molar-refractivity contribution in [1.29, 1.82) is 5.26 Å². The number of nitrogens with one attached hydrogen (secondary N) is 1. The monoisotopic (exact) mass is 274 g/mol. The molecular formula is C13H14N4O3. The van der Waals surface area contributed by atoms with E-state index in [1.165, 1.54) is 0 Å². The molecule has 0 unspecified atom stereocenters. The summed E-state index contributed by atoms with van der Waals surface area (Å²) in [5.41, 5.74) is 8.69. The molecule has 1 aromatic carbocycles. The van der Waals surface area contributed by atoms with E-state index in [4.69, 9.17) is 11.0 Å². The zero-order valence-electron chi connectivity index (χ0n) is 11.0. The van der Waals surface area contributed by atoms with Crippen molar-refractivity contribution in [3.63, 3.8) is 0 Å². The second kappa shape index (κ2) is 6.80. The summed E-state index contributed by atoms with van der Waals surface area (Å²) in [4.78, 5) is 10.8. The standard InChI is InChI=1S/C13H14N4O3/c1-8-3-5-9(6-4-8)11(18)10(7-14)12(15)16-17-13(19)20-2/h3-6,18H,1-2H3,(H2,15,16)(H,17,19)/b11-10-. The lowest BCUT2D eigenvalue weighted by molar-refractivity contribution is 0.171. The van der Waals surface area contributed by atoms with Gasteiger partial charge in [0.05, 0.1) is 7.11 Å². The van der Waals surface area contributed by atoms with E-state index in [0.29, 0.717) is 5.56 Å². The van der Waals surface area contributed by atoms with E-state index in [0.717, 1.165) is 12.7 Å². The van der Waals surface area contributed by atoms with Crippen LogP contribution in [0.15, 0.2) is 34.9 Å². The van der Waals surface area contributed by atoms with Gasteiger partial charge in [0.2, 0.25) is 0 Å². The van der Waals surface area contributed by atoms with Crippen LogP contribution in [0, 0.1) is 18.3 Å². The number of amidine groups is 1. The van der Waals surface area contributed by atoms with Gasteiger partial charge in [0, 0.05) is 5.56 Å². The van der Waals surface area contributed by atoms with E-state index < -0.39 is 6.09 Å². The first-order valence-electron chi connectivity index (χ1n) is 5.57. The molecule has 104 valence electrons. The zero-order valence-corrected chi connectivity index (χ0v) is 11.0. The highest BCUT2D eigenvalue weighted by Crippen LogP contribution is 2.16. The normalized spacial score (nSPS) is 12.2. The van der Waals surface area contributed by atoms with Gasteiger partial charge >= 0.3 is 6.09 Å². The Bertz CT molecular complexity index is 597. The molecule has 7 nitrogen and oxygen atoms in total. The highest BCUT2D eigenvalue weighted by Gasteiger charge is 2.12. The van der Waals surface area contributed by atoms with Gasteiger partial charge in [-0.1, -0.05) is 29.8 Å². The molecule has 0 spiro atoms. The van der Waals surface area contributed by atoms with Gasteiger partial charge in [-0.25, -0.2) is 10.2 Å². The molecule has 0 bridgehead atoms. The number of benzene rings is 1. The van der Waals surface area contributed by atoms with Gasteiger partial charge in [0.25, 0.3) is 0 Å². The number of aliphatic hydroxyl groups excluding tert-OH is 1. The van der Waals surface area contributed by atoms with Crippen molar-refractivity contribution in [2.24, 2.45) is 10.8 Å². The van der Waals surface area contributed by atoms with Crippen LogP contribution >= 0.6 is 0 Å². The molecule has 4 N–H and O–H groups in total. The summed E-state index contributed by atoms with van der Waals surface area (Å²) in [6.07, 6.45) is -0.833. The third kappa shape index (κ3) is 3.74. The zero-order chi connectivity index (χ0) is 15.1. The van der Waals surface area contributed by atoms with Gasteiger partial charge in [0.15, 0.2) is 5.84 Å². The summed E-state index contributed by atoms with van der Waals surface area (Å²) in [7, 11) is 1.16. The molecular weight excluding hydrogens is 260 g/mol. The van der Waals surface area contributed by atoms with Crippen molar-refractivity contribution in [2.45, 2.75) is 6.92 Å². The van der Waals surface area contributed by atoms with E-state index in [1.54, 1.807) is 30.3 Å². The molecule has 0 aliphatic heterocycles. The van der Waals surface area contributed by atoms with Crippen molar-refractivity contribution < 1.29 is 14.6 Å². The van der Waals surface area contributed by atoms with Crippen LogP contribution in [0.3, 0.4) is 0 Å². The molecule has 0 aliphatic carbocycles. The van der Waals surface area contributed by atoms with Crippen LogP contribution in [0.4, 0.5) is 4.79 Å². The number of methoxy groups -OCH3 is 1. The van der Waals surface area contributed by atoms with Gasteiger partial charge in [0.1, 0.15) is 17.4 Å². The minimum Gasteiger partial charge on any atom is -0.506 e. The Morgan fingerprint density at radius 1 is 1.45 bits per heavy atom. The molecule has 20 heavy (non-hydrogen) atoms. The van der Waals surface area contributed by atoms with Gasteiger partial charge in [-0.2, -0.15) is 10.4 Å². The SMILES string of the molecule is COC(=O)N/N=C(N)/C(C#N)=C(\O)c1ccc(C)cc1. The largest absolute Gasteiger partial charge is 0.506 e. The number of hydrogen-bond donors (Lipinski definition) is 3. The Balaban J connectivity index is 3.10. The van der Waals surface area contributed by atoms with E-state index in [2.05, 4.69) is 9.84 Å². The number of aliphatic hydroxyl groups is 1. The van der Waals surface area contributed by atoms with E-state index in [9.17, 15) is 9.90 Å². The number of hydrazone groups is 1. The van der Waals surface area contributed by atoms with Gasteiger partial charge < -0.3 is 15.6 Å². The smallest absolute Gasteiger partial charge is 0.427 e. The van der Waals surface area contributed by atoms with Gasteiger partial charge in [-0.15, -0.1) is 0 Å². The molecule has 0 atom stereocenters. The van der Waals surface area contributed by atoms with Crippen molar-refractivity contribution in [2.75, 3.05) is 7.11 Å². The first-order chi connectivity index (χ1) is 9.49. The van der Waals surface area contributed by atoms with Gasteiger partial charge in [-0.05, 0) is 6.92 Å². The Morgan fingerprint density at radius 3 is 2.55 bits per heavy atom. The third-order valence-corrected chi connectivity index (χ3v) is 2.38. The number of nitriles is 1. The van der Waals surface area contributed by atoms with Crippen molar-refractivity contribution in [1.82, 2.24) is 5.43 Å². The average Bonchev–Trinajstić information content (AvgIpc) is 2.46. The van der Waals surface area contributed by atoms with Crippen LogP contribution in [0.25, 0.3) is 5.76 Å². The van der Waals surface area contributed by atoms with E-state index in [-0.39, 0.29) is 17.2 Å². The molecule has 0 fully saturated rings. The minimum absolute atomic E-state index is 0.245. The molecule has 0 aliphatic rings. The Kier molecular flexibility index (Phi) is 5.12. The second-order valence-electron chi connectivity index (χ2n) is 3.80. The predicted molar refractivity (Wildman–Crippen MR) is 73.5 cm³/mol. The van der Waals surface area contributed by atoms with Crippen molar-refractivity contribution in [3.8, 4) is 6.07 Å². The molecule has 0 saturated heterocycles. The summed E-state index contributed by atoms with van der Waals surface area (Å²) < 4.78 is 4.30. The number of amides is 1. The lowest BCUT2D eigenvalue weighted by atomic mass is 10.1. The molecule has 1 rings (SSSR count). The minimum atomic E-state index is -0.833. The molecule has 0 saturated carbocycles. The van der Waals surface area contributed by atoms with Crippen LogP contribution in [-0.4, -0.2) is 24.1 Å². The van der Waals surface area contributed by atoms with E-state index >= 15 is 0 Å². The fraction of sp³-hybridized carbons (Fsp3) is 0.154. The number of aryl methyl sites for hydroxylation is 1. The number of carbonyl (C=O) groups excluding carboxylic acids is 1. The van der Waals surface area contributed by atoms with E-state index in [1.807, 2.05) is 12.3 Å². The number of carbonyl (C=O) groups is 1. The highest BCUT2D eigenvalue weighted by atomic mass is 16.5. The van der Waals surface area contributed by atoms with Crippen LogP contribution in [0.1, 0.15) is 11.1 Å². The molecule has 7 heteroatoms. The second-order valence-corrected chi connectivity index (χ2v) is 3.80. The van der Waals surface area contributed by atoms with Crippen molar-refractivity contribution >= 4 is 17.7 Å². The number of hydrogen-bond acceptors (Lipinski definition) is 5. The maximum Gasteiger partial charge on any atom is 0.427 e. The van der Waals surface area contributed by atoms with Crippen LogP contribution < -0.4 is 11.2 Å². The molecule has 1 aromatic rings. The average molecular weight is 274 g/mol. The summed E-state index contributed by atoms with van der Waals surface area (Å²) >= 11 is 0. The fourth-order valence-electron chi connectivity index (χ4n) is 1.29. The first-order valence-corrected chi connectivity index (χ1v) is 5.57. The Labute approximate surface area is 116 Å². The van der Waals surface area contributed by atoms with Crippen molar-refractivity contribution in [3.05, 3.63) is 41.0 Å².